The highest BCUT2D eigenvalue weighted by Gasteiger charge is 2.09. The van der Waals surface area contributed by atoms with Crippen molar-refractivity contribution in [1.29, 1.82) is 0 Å². The van der Waals surface area contributed by atoms with E-state index >= 15 is 0 Å². The first-order valence-corrected chi connectivity index (χ1v) is 4.76. The molecule has 0 bridgehead atoms. The van der Waals surface area contributed by atoms with Crippen LogP contribution in [-0.4, -0.2) is 5.91 Å². The van der Waals surface area contributed by atoms with E-state index in [-0.39, 0.29) is 11.8 Å². The van der Waals surface area contributed by atoms with Gasteiger partial charge in [0.15, 0.2) is 0 Å². The number of carbonyl (C=O) groups excluding carboxylic acids is 1. The molecule has 1 rings (SSSR count). The topological polar surface area (TPSA) is 43.1 Å². The van der Waals surface area contributed by atoms with Crippen LogP contribution in [0.3, 0.4) is 0 Å². The van der Waals surface area contributed by atoms with Gasteiger partial charge in [-0.25, -0.2) is 0 Å². The van der Waals surface area contributed by atoms with Crippen molar-refractivity contribution in [2.24, 2.45) is 5.73 Å². The molecule has 1 unspecified atom stereocenters. The lowest BCUT2D eigenvalue weighted by atomic mass is 10.1. The molecule has 0 fully saturated rings. The van der Waals surface area contributed by atoms with Crippen LogP contribution < -0.4 is 5.73 Å². The standard InChI is InChI=1S/C9H13NOS/c1-6(5-9(10)11)8-4-3-7(2)12-8/h3-4,6H,5H2,1-2H3,(H2,10,11). The average Bonchev–Trinajstić information content (AvgIpc) is 2.34. The predicted molar refractivity (Wildman–Crippen MR) is 51.3 cm³/mol. The molecule has 1 amide bonds. The highest BCUT2D eigenvalue weighted by atomic mass is 32.1. The van der Waals surface area contributed by atoms with Crippen LogP contribution in [0.1, 0.15) is 29.0 Å². The van der Waals surface area contributed by atoms with Gasteiger partial charge in [0.1, 0.15) is 0 Å². The van der Waals surface area contributed by atoms with Gasteiger partial charge in [-0.05, 0) is 25.0 Å². The van der Waals surface area contributed by atoms with Gasteiger partial charge in [-0.2, -0.15) is 0 Å². The lowest BCUT2D eigenvalue weighted by Gasteiger charge is -2.04. The Bertz CT molecular complexity index is 280. The average molecular weight is 183 g/mol. The molecule has 0 aromatic carbocycles. The second kappa shape index (κ2) is 3.72. The van der Waals surface area contributed by atoms with Gasteiger partial charge < -0.3 is 5.73 Å². The molecule has 0 radical (unpaired) electrons. The summed E-state index contributed by atoms with van der Waals surface area (Å²) >= 11 is 1.73. The molecule has 0 aliphatic heterocycles. The van der Waals surface area contributed by atoms with Crippen molar-refractivity contribution in [1.82, 2.24) is 0 Å². The van der Waals surface area contributed by atoms with Crippen LogP contribution in [0.5, 0.6) is 0 Å². The summed E-state index contributed by atoms with van der Waals surface area (Å²) < 4.78 is 0. The third-order valence-electron chi connectivity index (χ3n) is 1.75. The summed E-state index contributed by atoms with van der Waals surface area (Å²) in [7, 11) is 0. The fraction of sp³-hybridized carbons (Fsp3) is 0.444. The first kappa shape index (κ1) is 9.26. The molecule has 0 aliphatic rings. The molecule has 66 valence electrons. The maximum Gasteiger partial charge on any atom is 0.218 e. The number of carbonyl (C=O) groups is 1. The summed E-state index contributed by atoms with van der Waals surface area (Å²) in [6, 6.07) is 4.13. The van der Waals surface area contributed by atoms with Gasteiger partial charge in [-0.1, -0.05) is 6.92 Å². The minimum Gasteiger partial charge on any atom is -0.370 e. The van der Waals surface area contributed by atoms with Crippen LogP contribution >= 0.6 is 11.3 Å². The minimum atomic E-state index is -0.228. The molecule has 1 atom stereocenters. The Balaban J connectivity index is 2.64. The Morgan fingerprint density at radius 2 is 2.33 bits per heavy atom. The fourth-order valence-corrected chi connectivity index (χ4v) is 2.05. The van der Waals surface area contributed by atoms with E-state index in [0.717, 1.165) is 0 Å². The predicted octanol–water partition coefficient (Wildman–Crippen LogP) is 2.04. The molecule has 0 saturated carbocycles. The quantitative estimate of drug-likeness (QED) is 0.765. The normalized spacial score (nSPS) is 12.8. The maximum atomic E-state index is 10.6. The van der Waals surface area contributed by atoms with Gasteiger partial charge in [0.25, 0.3) is 0 Å². The van der Waals surface area contributed by atoms with E-state index in [1.807, 2.05) is 6.92 Å². The summed E-state index contributed by atoms with van der Waals surface area (Å²) in [6.07, 6.45) is 0.444. The van der Waals surface area contributed by atoms with Crippen molar-refractivity contribution in [3.8, 4) is 0 Å². The minimum absolute atomic E-state index is 0.228. The Hall–Kier alpha value is -0.830. The molecule has 2 N–H and O–H groups in total. The Morgan fingerprint density at radius 3 is 2.75 bits per heavy atom. The van der Waals surface area contributed by atoms with Crippen molar-refractivity contribution < 1.29 is 4.79 Å². The third-order valence-corrected chi connectivity index (χ3v) is 2.99. The van der Waals surface area contributed by atoms with E-state index in [0.29, 0.717) is 6.42 Å². The van der Waals surface area contributed by atoms with Gasteiger partial charge in [-0.15, -0.1) is 11.3 Å². The summed E-state index contributed by atoms with van der Waals surface area (Å²) in [6.45, 7) is 4.08. The lowest BCUT2D eigenvalue weighted by molar-refractivity contribution is -0.118. The van der Waals surface area contributed by atoms with Gasteiger partial charge in [0.2, 0.25) is 5.91 Å². The number of aryl methyl sites for hydroxylation is 1. The van der Waals surface area contributed by atoms with Gasteiger partial charge >= 0.3 is 0 Å². The van der Waals surface area contributed by atoms with E-state index < -0.39 is 0 Å². The van der Waals surface area contributed by atoms with E-state index in [1.54, 1.807) is 11.3 Å². The zero-order chi connectivity index (χ0) is 9.14. The first-order chi connectivity index (χ1) is 5.59. The molecule has 3 heteroatoms. The van der Waals surface area contributed by atoms with Crippen LogP contribution in [0.2, 0.25) is 0 Å². The van der Waals surface area contributed by atoms with Crippen LogP contribution in [0.25, 0.3) is 0 Å². The summed E-state index contributed by atoms with van der Waals surface area (Å²) in [5, 5.41) is 0. The fourth-order valence-electron chi connectivity index (χ4n) is 1.12. The molecule has 1 aromatic heterocycles. The molecule has 0 aliphatic carbocycles. The van der Waals surface area contributed by atoms with Crippen LogP contribution in [0.15, 0.2) is 12.1 Å². The smallest absolute Gasteiger partial charge is 0.218 e. The molecule has 0 spiro atoms. The van der Waals surface area contributed by atoms with E-state index in [4.69, 9.17) is 5.73 Å². The monoisotopic (exact) mass is 183 g/mol. The van der Waals surface area contributed by atoms with Crippen molar-refractivity contribution in [3.63, 3.8) is 0 Å². The molecular formula is C9H13NOS. The van der Waals surface area contributed by atoms with Crippen LogP contribution in [0.4, 0.5) is 0 Å². The largest absolute Gasteiger partial charge is 0.370 e. The van der Waals surface area contributed by atoms with Crippen molar-refractivity contribution in [2.75, 3.05) is 0 Å². The third kappa shape index (κ3) is 2.34. The van der Waals surface area contributed by atoms with E-state index in [2.05, 4.69) is 19.1 Å². The maximum absolute atomic E-state index is 10.6. The van der Waals surface area contributed by atoms with Gasteiger partial charge in [0, 0.05) is 16.2 Å². The molecule has 1 aromatic rings. The van der Waals surface area contributed by atoms with Gasteiger partial charge in [-0.3, -0.25) is 4.79 Å². The van der Waals surface area contributed by atoms with Crippen LogP contribution in [-0.2, 0) is 4.79 Å². The SMILES string of the molecule is Cc1ccc(C(C)CC(N)=O)s1. The zero-order valence-corrected chi connectivity index (χ0v) is 8.15. The highest BCUT2D eigenvalue weighted by Crippen LogP contribution is 2.26. The highest BCUT2D eigenvalue weighted by molar-refractivity contribution is 7.12. The Kier molecular flexibility index (Phi) is 2.87. The number of primary amides is 1. The van der Waals surface area contributed by atoms with Crippen molar-refractivity contribution in [3.05, 3.63) is 21.9 Å². The first-order valence-electron chi connectivity index (χ1n) is 3.94. The Labute approximate surface area is 76.4 Å². The number of hydrogen-bond acceptors (Lipinski definition) is 2. The van der Waals surface area contributed by atoms with E-state index in [1.165, 1.54) is 9.75 Å². The Morgan fingerprint density at radius 1 is 1.67 bits per heavy atom. The summed E-state index contributed by atoms with van der Waals surface area (Å²) in [5.41, 5.74) is 5.10. The number of rotatable bonds is 3. The molecular weight excluding hydrogens is 170 g/mol. The van der Waals surface area contributed by atoms with Crippen molar-refractivity contribution >= 4 is 17.2 Å². The number of hydrogen-bond donors (Lipinski definition) is 1. The zero-order valence-electron chi connectivity index (χ0n) is 7.33. The second-order valence-electron chi connectivity index (χ2n) is 3.02. The second-order valence-corrected chi connectivity index (χ2v) is 4.34. The van der Waals surface area contributed by atoms with Crippen molar-refractivity contribution in [2.45, 2.75) is 26.2 Å². The molecule has 0 saturated heterocycles. The number of nitrogens with two attached hydrogens (primary N) is 1. The molecule has 12 heavy (non-hydrogen) atoms. The van der Waals surface area contributed by atoms with Gasteiger partial charge in [0.05, 0.1) is 0 Å². The van der Waals surface area contributed by atoms with E-state index in [9.17, 15) is 4.79 Å². The summed E-state index contributed by atoms with van der Waals surface area (Å²) in [4.78, 5) is 13.1. The summed E-state index contributed by atoms with van der Waals surface area (Å²) in [5.74, 6) is 0.0368. The molecule has 2 nitrogen and oxygen atoms in total. The number of thiophene rings is 1. The van der Waals surface area contributed by atoms with Crippen LogP contribution in [0, 0.1) is 6.92 Å². The number of amides is 1. The molecule has 1 heterocycles. The lowest BCUT2D eigenvalue weighted by Crippen LogP contribution is -2.13.